The Morgan fingerprint density at radius 3 is 2.70 bits per heavy atom. The molecule has 0 bridgehead atoms. The van der Waals surface area contributed by atoms with Crippen LogP contribution in [0, 0.1) is 13.8 Å². The van der Waals surface area contributed by atoms with Gasteiger partial charge in [-0.05, 0) is 37.1 Å². The highest BCUT2D eigenvalue weighted by atomic mass is 32.2. The van der Waals surface area contributed by atoms with Crippen molar-refractivity contribution >= 4 is 11.8 Å². The van der Waals surface area contributed by atoms with Crippen LogP contribution < -0.4 is 0 Å². The minimum Gasteiger partial charge on any atom is -0.297 e. The average molecular weight is 287 g/mol. The Morgan fingerprint density at radius 1 is 1.15 bits per heavy atom. The third-order valence-electron chi connectivity index (χ3n) is 3.90. The molecule has 0 amide bonds. The van der Waals surface area contributed by atoms with Gasteiger partial charge in [-0.25, -0.2) is 4.68 Å². The first-order chi connectivity index (χ1) is 9.72. The van der Waals surface area contributed by atoms with Crippen molar-refractivity contribution in [1.82, 2.24) is 14.7 Å². The molecule has 0 spiro atoms. The lowest BCUT2D eigenvalue weighted by atomic mass is 10.1. The predicted octanol–water partition coefficient (Wildman–Crippen LogP) is 3.04. The van der Waals surface area contributed by atoms with E-state index in [1.54, 1.807) is 0 Å². The minimum atomic E-state index is 1.02. The maximum atomic E-state index is 4.51. The number of aryl methyl sites for hydroxylation is 2. The normalized spacial score (nSPS) is 16.5. The first-order valence-electron chi connectivity index (χ1n) is 7.13. The van der Waals surface area contributed by atoms with Crippen molar-refractivity contribution in [3.63, 3.8) is 0 Å². The van der Waals surface area contributed by atoms with E-state index in [0.29, 0.717) is 0 Å². The molecule has 1 aliphatic rings. The smallest absolute Gasteiger partial charge is 0.0648 e. The Kier molecular flexibility index (Phi) is 4.13. The molecule has 0 N–H and O–H groups in total. The SMILES string of the molecule is Cc1ccc(-n2cc(CN3CCSCC3)cn2)cc1C. The minimum absolute atomic E-state index is 1.02. The average Bonchev–Trinajstić information content (AvgIpc) is 2.91. The van der Waals surface area contributed by atoms with E-state index in [4.69, 9.17) is 0 Å². The highest BCUT2D eigenvalue weighted by Crippen LogP contribution is 2.16. The van der Waals surface area contributed by atoms with Crippen molar-refractivity contribution in [2.75, 3.05) is 24.6 Å². The molecule has 1 aromatic heterocycles. The Labute approximate surface area is 125 Å². The van der Waals surface area contributed by atoms with E-state index in [1.165, 1.54) is 41.3 Å². The molecule has 1 aliphatic heterocycles. The highest BCUT2D eigenvalue weighted by molar-refractivity contribution is 7.99. The first-order valence-corrected chi connectivity index (χ1v) is 8.29. The predicted molar refractivity (Wildman–Crippen MR) is 85.6 cm³/mol. The Balaban J connectivity index is 1.73. The molecule has 0 aliphatic carbocycles. The van der Waals surface area contributed by atoms with Crippen molar-refractivity contribution < 1.29 is 0 Å². The Morgan fingerprint density at radius 2 is 1.95 bits per heavy atom. The van der Waals surface area contributed by atoms with E-state index in [0.717, 1.165) is 12.2 Å². The second-order valence-electron chi connectivity index (χ2n) is 5.45. The van der Waals surface area contributed by atoms with Crippen molar-refractivity contribution in [2.24, 2.45) is 0 Å². The maximum Gasteiger partial charge on any atom is 0.0648 e. The standard InChI is InChI=1S/C16H21N3S/c1-13-3-4-16(9-14(13)2)19-12-15(10-17-19)11-18-5-7-20-8-6-18/h3-4,9-10,12H,5-8,11H2,1-2H3. The van der Waals surface area contributed by atoms with Crippen LogP contribution >= 0.6 is 11.8 Å². The number of hydrogen-bond donors (Lipinski definition) is 0. The summed E-state index contributed by atoms with van der Waals surface area (Å²) in [5.74, 6) is 2.51. The van der Waals surface area contributed by atoms with Gasteiger partial charge in [0, 0.05) is 42.9 Å². The fourth-order valence-electron chi connectivity index (χ4n) is 2.47. The van der Waals surface area contributed by atoms with Gasteiger partial charge in [-0.2, -0.15) is 16.9 Å². The van der Waals surface area contributed by atoms with Crippen LogP contribution in [-0.4, -0.2) is 39.3 Å². The summed E-state index contributed by atoms with van der Waals surface area (Å²) in [5.41, 5.74) is 5.09. The molecule has 3 rings (SSSR count). The summed E-state index contributed by atoms with van der Waals surface area (Å²) in [6.45, 7) is 7.70. The maximum absolute atomic E-state index is 4.51. The molecule has 0 radical (unpaired) electrons. The first kappa shape index (κ1) is 13.7. The fourth-order valence-corrected chi connectivity index (χ4v) is 3.45. The fraction of sp³-hybridized carbons (Fsp3) is 0.438. The van der Waals surface area contributed by atoms with E-state index in [-0.39, 0.29) is 0 Å². The van der Waals surface area contributed by atoms with Crippen molar-refractivity contribution in [2.45, 2.75) is 20.4 Å². The quantitative estimate of drug-likeness (QED) is 0.866. The molecule has 1 saturated heterocycles. The van der Waals surface area contributed by atoms with Gasteiger partial charge in [-0.15, -0.1) is 0 Å². The molecule has 0 saturated carbocycles. The second-order valence-corrected chi connectivity index (χ2v) is 6.67. The summed E-state index contributed by atoms with van der Waals surface area (Å²) in [4.78, 5) is 2.51. The van der Waals surface area contributed by atoms with Gasteiger partial charge in [0.05, 0.1) is 11.9 Å². The number of aromatic nitrogens is 2. The van der Waals surface area contributed by atoms with Gasteiger partial charge in [0.25, 0.3) is 0 Å². The van der Waals surface area contributed by atoms with Gasteiger partial charge in [0.2, 0.25) is 0 Å². The zero-order valence-corrected chi connectivity index (χ0v) is 13.0. The molecule has 0 unspecified atom stereocenters. The lowest BCUT2D eigenvalue weighted by Gasteiger charge is -2.25. The molecule has 1 fully saturated rings. The third-order valence-corrected chi connectivity index (χ3v) is 4.84. The summed E-state index contributed by atoms with van der Waals surface area (Å²) in [5, 5.41) is 4.51. The van der Waals surface area contributed by atoms with Gasteiger partial charge in [0.1, 0.15) is 0 Å². The van der Waals surface area contributed by atoms with Crippen LogP contribution in [0.15, 0.2) is 30.6 Å². The largest absolute Gasteiger partial charge is 0.297 e. The van der Waals surface area contributed by atoms with Crippen LogP contribution in [0.2, 0.25) is 0 Å². The number of benzene rings is 1. The van der Waals surface area contributed by atoms with Crippen molar-refractivity contribution in [1.29, 1.82) is 0 Å². The van der Waals surface area contributed by atoms with E-state index < -0.39 is 0 Å². The lowest BCUT2D eigenvalue weighted by molar-refractivity contribution is 0.294. The van der Waals surface area contributed by atoms with Crippen molar-refractivity contribution in [3.8, 4) is 5.69 Å². The second kappa shape index (κ2) is 6.02. The van der Waals surface area contributed by atoms with Crippen LogP contribution in [0.5, 0.6) is 0 Å². The van der Waals surface area contributed by atoms with E-state index in [9.17, 15) is 0 Å². The zero-order valence-electron chi connectivity index (χ0n) is 12.2. The van der Waals surface area contributed by atoms with Gasteiger partial charge in [-0.3, -0.25) is 4.90 Å². The number of rotatable bonds is 3. The van der Waals surface area contributed by atoms with Crippen LogP contribution in [0.25, 0.3) is 5.69 Å². The van der Waals surface area contributed by atoms with Gasteiger partial charge >= 0.3 is 0 Å². The molecule has 0 atom stereocenters. The van der Waals surface area contributed by atoms with E-state index in [1.807, 2.05) is 10.9 Å². The Bertz CT molecular complexity index is 585. The summed E-state index contributed by atoms with van der Waals surface area (Å²) >= 11 is 2.05. The monoisotopic (exact) mass is 287 g/mol. The molecular formula is C16H21N3S. The molecule has 4 heteroatoms. The van der Waals surface area contributed by atoms with Gasteiger partial charge in [-0.1, -0.05) is 6.07 Å². The third kappa shape index (κ3) is 3.07. The van der Waals surface area contributed by atoms with E-state index >= 15 is 0 Å². The highest BCUT2D eigenvalue weighted by Gasteiger charge is 2.12. The number of hydrogen-bond acceptors (Lipinski definition) is 3. The van der Waals surface area contributed by atoms with Crippen LogP contribution in [0.3, 0.4) is 0 Å². The Hall–Kier alpha value is -1.26. The summed E-state index contributed by atoms with van der Waals surface area (Å²) in [7, 11) is 0. The lowest BCUT2D eigenvalue weighted by Crippen LogP contribution is -2.31. The summed E-state index contributed by atoms with van der Waals surface area (Å²) in [6, 6.07) is 6.49. The van der Waals surface area contributed by atoms with Crippen molar-refractivity contribution in [3.05, 3.63) is 47.3 Å². The molecule has 20 heavy (non-hydrogen) atoms. The molecule has 1 aromatic carbocycles. The van der Waals surface area contributed by atoms with Crippen LogP contribution in [0.4, 0.5) is 0 Å². The number of thioether (sulfide) groups is 1. The zero-order chi connectivity index (χ0) is 13.9. The molecule has 3 nitrogen and oxygen atoms in total. The molecule has 2 aromatic rings. The van der Waals surface area contributed by atoms with E-state index in [2.05, 4.69) is 60.0 Å². The molecular weight excluding hydrogens is 266 g/mol. The molecule has 106 valence electrons. The summed E-state index contributed by atoms with van der Waals surface area (Å²) in [6.07, 6.45) is 4.16. The molecule has 2 heterocycles. The van der Waals surface area contributed by atoms with Crippen LogP contribution in [-0.2, 0) is 6.54 Å². The van der Waals surface area contributed by atoms with Crippen LogP contribution in [0.1, 0.15) is 16.7 Å². The summed E-state index contributed by atoms with van der Waals surface area (Å²) < 4.78 is 1.99. The topological polar surface area (TPSA) is 21.1 Å². The van der Waals surface area contributed by atoms with Gasteiger partial charge in [0.15, 0.2) is 0 Å². The van der Waals surface area contributed by atoms with Gasteiger partial charge < -0.3 is 0 Å². The number of nitrogens with zero attached hydrogens (tertiary/aromatic N) is 3.